The third-order valence-corrected chi connectivity index (χ3v) is 3.65. The average Bonchev–Trinajstić information content (AvgIpc) is 2.63. The number of allylic oxidation sites excluding steroid dienone is 2. The molecule has 1 rings (SSSR count). The van der Waals surface area contributed by atoms with Gasteiger partial charge >= 0.3 is 10.1 Å². The number of hydrogen-bond donors (Lipinski definition) is 0. The van der Waals surface area contributed by atoms with Crippen molar-refractivity contribution in [1.29, 1.82) is 5.26 Å². The number of hydrogen-bond acceptors (Lipinski definition) is 5. The van der Waals surface area contributed by atoms with E-state index in [-0.39, 0.29) is 0 Å². The fourth-order valence-corrected chi connectivity index (χ4v) is 1.54. The third kappa shape index (κ3) is 3.35. The molecule has 0 atom stereocenters. The Morgan fingerprint density at radius 2 is 2.25 bits per heavy atom. The van der Waals surface area contributed by atoms with Gasteiger partial charge in [-0.15, -0.1) is 0 Å². The fraction of sp³-hybridized carbons (Fsp3) is 0.600. The van der Waals surface area contributed by atoms with E-state index < -0.39 is 15.4 Å². The highest BCUT2D eigenvalue weighted by Crippen LogP contribution is 2.19. The van der Waals surface area contributed by atoms with Crippen LogP contribution in [0.25, 0.3) is 0 Å². The normalized spacial score (nSPS) is 18.6. The maximum atomic E-state index is 11.3. The van der Waals surface area contributed by atoms with Crippen LogP contribution in [-0.4, -0.2) is 19.4 Å². The Morgan fingerprint density at radius 3 is 2.81 bits per heavy atom. The number of nitrogens with zero attached hydrogens (tertiary/aromatic N) is 2. The van der Waals surface area contributed by atoms with E-state index in [4.69, 9.17) is 5.26 Å². The Labute approximate surface area is 95.5 Å². The minimum absolute atomic E-state index is 0.357. The van der Waals surface area contributed by atoms with Gasteiger partial charge in [-0.3, -0.25) is 4.28 Å². The van der Waals surface area contributed by atoms with Gasteiger partial charge in [-0.25, -0.2) is 0 Å². The molecule has 1 aliphatic rings. The molecule has 0 aromatic rings. The summed E-state index contributed by atoms with van der Waals surface area (Å²) < 4.78 is 27.1. The minimum Gasteiger partial charge on any atom is -0.268 e. The second-order valence-electron chi connectivity index (χ2n) is 3.84. The van der Waals surface area contributed by atoms with Crippen LogP contribution in [0.5, 0.6) is 0 Å². The average molecular weight is 242 g/mol. The lowest BCUT2D eigenvalue weighted by atomic mass is 10.2. The van der Waals surface area contributed by atoms with Crippen LogP contribution in [0.2, 0.25) is 0 Å². The predicted octanol–water partition coefficient (Wildman–Crippen LogP) is 1.73. The summed E-state index contributed by atoms with van der Waals surface area (Å²) in [6, 6.07) is 2.04. The summed E-state index contributed by atoms with van der Waals surface area (Å²) in [7, 11) is -3.60. The molecule has 0 heterocycles. The summed E-state index contributed by atoms with van der Waals surface area (Å²) in [5.41, 5.74) is 1.54. The Bertz CT molecular complexity index is 455. The van der Waals surface area contributed by atoms with Crippen LogP contribution in [-0.2, 0) is 14.4 Å². The second kappa shape index (κ2) is 5.12. The molecule has 16 heavy (non-hydrogen) atoms. The molecule has 0 saturated carbocycles. The van der Waals surface area contributed by atoms with Crippen molar-refractivity contribution in [2.24, 2.45) is 5.16 Å². The molecule has 0 unspecified atom stereocenters. The van der Waals surface area contributed by atoms with Gasteiger partial charge in [-0.1, -0.05) is 10.7 Å². The number of nitriles is 1. The summed E-state index contributed by atoms with van der Waals surface area (Å²) in [6.07, 6.45) is 3.46. The molecular weight excluding hydrogens is 228 g/mol. The van der Waals surface area contributed by atoms with Crippen LogP contribution < -0.4 is 0 Å². The van der Waals surface area contributed by atoms with Crippen LogP contribution in [0.4, 0.5) is 0 Å². The van der Waals surface area contributed by atoms with Crippen LogP contribution >= 0.6 is 0 Å². The van der Waals surface area contributed by atoms with Gasteiger partial charge in [-0.05, 0) is 32.8 Å². The molecular formula is C10H14N2O3S. The molecule has 0 spiro atoms. The molecule has 6 heteroatoms. The van der Waals surface area contributed by atoms with E-state index in [2.05, 4.69) is 9.44 Å². The SMILES string of the molecule is CC(C)S(=O)(=O)ON=C1C=C(CC#N)CC1. The van der Waals surface area contributed by atoms with Gasteiger partial charge < -0.3 is 0 Å². The first-order chi connectivity index (χ1) is 7.45. The molecule has 0 aliphatic heterocycles. The number of rotatable bonds is 4. The fourth-order valence-electron chi connectivity index (χ4n) is 1.17. The smallest absolute Gasteiger partial charge is 0.268 e. The van der Waals surface area contributed by atoms with Crippen LogP contribution in [0.3, 0.4) is 0 Å². The Hall–Kier alpha value is -1.35. The third-order valence-electron chi connectivity index (χ3n) is 2.21. The van der Waals surface area contributed by atoms with E-state index in [1.54, 1.807) is 6.08 Å². The Kier molecular flexibility index (Phi) is 4.07. The first kappa shape index (κ1) is 12.7. The van der Waals surface area contributed by atoms with Crippen molar-refractivity contribution in [2.45, 2.75) is 38.4 Å². The highest BCUT2D eigenvalue weighted by atomic mass is 32.2. The molecule has 0 fully saturated rings. The monoisotopic (exact) mass is 242 g/mol. The van der Waals surface area contributed by atoms with Gasteiger partial charge in [-0.2, -0.15) is 13.7 Å². The molecule has 88 valence electrons. The zero-order valence-electron chi connectivity index (χ0n) is 9.30. The molecule has 1 aliphatic carbocycles. The van der Waals surface area contributed by atoms with E-state index in [9.17, 15) is 8.42 Å². The predicted molar refractivity (Wildman–Crippen MR) is 60.1 cm³/mol. The van der Waals surface area contributed by atoms with Gasteiger partial charge in [0, 0.05) is 0 Å². The van der Waals surface area contributed by atoms with Crippen LogP contribution in [0.15, 0.2) is 16.8 Å². The van der Waals surface area contributed by atoms with E-state index >= 15 is 0 Å². The molecule has 0 N–H and O–H groups in total. The highest BCUT2D eigenvalue weighted by molar-refractivity contribution is 7.87. The van der Waals surface area contributed by atoms with E-state index in [0.717, 1.165) is 12.0 Å². The van der Waals surface area contributed by atoms with E-state index in [1.807, 2.05) is 6.07 Å². The Morgan fingerprint density at radius 1 is 1.56 bits per heavy atom. The zero-order valence-corrected chi connectivity index (χ0v) is 10.1. The van der Waals surface area contributed by atoms with Crippen molar-refractivity contribution in [2.75, 3.05) is 0 Å². The molecule has 0 saturated heterocycles. The molecule has 0 aromatic heterocycles. The van der Waals surface area contributed by atoms with Crippen molar-refractivity contribution in [3.05, 3.63) is 11.6 Å². The summed E-state index contributed by atoms with van der Waals surface area (Å²) in [6.45, 7) is 3.06. The Balaban J connectivity index is 2.65. The molecule has 0 amide bonds. The lowest BCUT2D eigenvalue weighted by Gasteiger charge is -2.03. The van der Waals surface area contributed by atoms with Crippen molar-refractivity contribution in [1.82, 2.24) is 0 Å². The van der Waals surface area contributed by atoms with Crippen LogP contribution in [0, 0.1) is 11.3 Å². The van der Waals surface area contributed by atoms with Crippen molar-refractivity contribution in [3.63, 3.8) is 0 Å². The summed E-state index contributed by atoms with van der Waals surface area (Å²) >= 11 is 0. The maximum Gasteiger partial charge on any atom is 0.330 e. The largest absolute Gasteiger partial charge is 0.330 e. The standard InChI is InChI=1S/C10H14N2O3S/c1-8(2)16(13,14)15-12-10-4-3-9(7-10)5-6-11/h7-8H,3-5H2,1-2H3. The maximum absolute atomic E-state index is 11.3. The van der Waals surface area contributed by atoms with Crippen molar-refractivity contribution in [3.8, 4) is 6.07 Å². The highest BCUT2D eigenvalue weighted by Gasteiger charge is 2.18. The van der Waals surface area contributed by atoms with Gasteiger partial charge in [0.15, 0.2) is 0 Å². The summed E-state index contributed by atoms with van der Waals surface area (Å²) in [4.78, 5) is 0. The van der Waals surface area contributed by atoms with Gasteiger partial charge in [0.25, 0.3) is 0 Å². The first-order valence-electron chi connectivity index (χ1n) is 5.01. The summed E-state index contributed by atoms with van der Waals surface area (Å²) in [5, 5.41) is 11.5. The molecule has 0 aromatic carbocycles. The van der Waals surface area contributed by atoms with Crippen molar-refractivity contribution < 1.29 is 12.7 Å². The van der Waals surface area contributed by atoms with Crippen molar-refractivity contribution >= 4 is 15.8 Å². The first-order valence-corrected chi connectivity index (χ1v) is 6.48. The van der Waals surface area contributed by atoms with Gasteiger partial charge in [0.2, 0.25) is 0 Å². The lowest BCUT2D eigenvalue weighted by molar-refractivity contribution is 0.333. The minimum atomic E-state index is -3.60. The second-order valence-corrected chi connectivity index (χ2v) is 5.91. The van der Waals surface area contributed by atoms with E-state index in [0.29, 0.717) is 18.6 Å². The quantitative estimate of drug-likeness (QED) is 0.703. The summed E-state index contributed by atoms with van der Waals surface area (Å²) in [5.74, 6) is 0. The lowest BCUT2D eigenvalue weighted by Crippen LogP contribution is -2.15. The van der Waals surface area contributed by atoms with Crippen LogP contribution in [0.1, 0.15) is 33.1 Å². The molecule has 5 nitrogen and oxygen atoms in total. The zero-order chi connectivity index (χ0) is 12.2. The topological polar surface area (TPSA) is 79.5 Å². The van der Waals surface area contributed by atoms with E-state index in [1.165, 1.54) is 13.8 Å². The van der Waals surface area contributed by atoms with Gasteiger partial charge in [0.05, 0.1) is 23.5 Å². The molecule has 0 bridgehead atoms. The molecule has 0 radical (unpaired) electrons. The van der Waals surface area contributed by atoms with Gasteiger partial charge in [0.1, 0.15) is 0 Å². The number of oxime groups is 1.